The third kappa shape index (κ3) is 4.60. The zero-order valence-electron chi connectivity index (χ0n) is 15.8. The minimum absolute atomic E-state index is 0.0445. The highest BCUT2D eigenvalue weighted by Gasteiger charge is 2.29. The van der Waals surface area contributed by atoms with Gasteiger partial charge in [-0.1, -0.05) is 43.7 Å². The lowest BCUT2D eigenvalue weighted by atomic mass is 9.86. The average Bonchev–Trinajstić information content (AvgIpc) is 2.72. The van der Waals surface area contributed by atoms with Crippen molar-refractivity contribution in [3.63, 3.8) is 0 Å². The van der Waals surface area contributed by atoms with E-state index in [0.717, 1.165) is 24.8 Å². The van der Waals surface area contributed by atoms with Crippen LogP contribution in [-0.2, 0) is 9.53 Å². The number of methoxy groups -OCH3 is 1. The molecule has 1 aliphatic rings. The van der Waals surface area contributed by atoms with Crippen LogP contribution in [-0.4, -0.2) is 34.3 Å². The molecule has 7 nitrogen and oxygen atoms in total. The number of amides is 1. The molecule has 1 saturated carbocycles. The summed E-state index contributed by atoms with van der Waals surface area (Å²) in [5.74, 6) is 0.283. The van der Waals surface area contributed by atoms with Crippen LogP contribution < -0.4 is 10.9 Å². The molecule has 1 heterocycles. The van der Waals surface area contributed by atoms with Gasteiger partial charge in [-0.15, -0.1) is 10.2 Å². The second kappa shape index (κ2) is 8.90. The van der Waals surface area contributed by atoms with Crippen molar-refractivity contribution in [3.05, 3.63) is 46.4 Å². The zero-order valence-corrected chi connectivity index (χ0v) is 15.8. The number of nitrogens with zero attached hydrogens (tertiary/aromatic N) is 2. The van der Waals surface area contributed by atoms with Crippen molar-refractivity contribution < 1.29 is 9.53 Å². The van der Waals surface area contributed by atoms with Crippen LogP contribution in [0.1, 0.15) is 50.8 Å². The molecule has 0 spiro atoms. The molecular weight excluding hydrogens is 344 g/mol. The maximum atomic E-state index is 12.7. The molecule has 1 aliphatic carbocycles. The summed E-state index contributed by atoms with van der Waals surface area (Å²) in [5.41, 5.74) is 0.706. The summed E-state index contributed by atoms with van der Waals surface area (Å²) < 4.78 is 5.40. The topological polar surface area (TPSA) is 97.0 Å². The van der Waals surface area contributed by atoms with E-state index in [1.54, 1.807) is 7.11 Å². The number of nitrogens with one attached hydrogen (secondary N) is 2. The van der Waals surface area contributed by atoms with E-state index < -0.39 is 6.04 Å². The predicted octanol–water partition coefficient (Wildman–Crippen LogP) is 2.60. The number of H-pyrrole nitrogens is 1. The molecule has 3 unspecified atom stereocenters. The number of carbonyl (C=O) groups excluding carboxylic acids is 1. The summed E-state index contributed by atoms with van der Waals surface area (Å²) >= 11 is 0. The van der Waals surface area contributed by atoms with Crippen molar-refractivity contribution in [2.24, 2.45) is 5.92 Å². The average molecular weight is 370 g/mol. The van der Waals surface area contributed by atoms with Gasteiger partial charge < -0.3 is 15.0 Å². The van der Waals surface area contributed by atoms with E-state index >= 15 is 0 Å². The van der Waals surface area contributed by atoms with Gasteiger partial charge in [0.05, 0.1) is 12.1 Å². The lowest BCUT2D eigenvalue weighted by Gasteiger charge is -2.28. The first-order chi connectivity index (χ1) is 13.1. The Morgan fingerprint density at radius 2 is 2.07 bits per heavy atom. The second-order valence-electron chi connectivity index (χ2n) is 6.94. The molecule has 3 atom stereocenters. The van der Waals surface area contributed by atoms with Crippen LogP contribution in [0.25, 0.3) is 11.4 Å². The molecular formula is C20H26N4O3. The van der Waals surface area contributed by atoms with Crippen molar-refractivity contribution in [3.8, 4) is 11.4 Å². The van der Waals surface area contributed by atoms with E-state index in [9.17, 15) is 9.59 Å². The summed E-state index contributed by atoms with van der Waals surface area (Å²) in [6.45, 7) is 1.91. The van der Waals surface area contributed by atoms with Crippen LogP contribution in [0.2, 0.25) is 0 Å². The van der Waals surface area contributed by atoms with E-state index in [0.29, 0.717) is 18.7 Å². The maximum absolute atomic E-state index is 12.7. The van der Waals surface area contributed by atoms with Crippen molar-refractivity contribution >= 4 is 5.91 Å². The molecule has 0 bridgehead atoms. The first kappa shape index (κ1) is 19.2. The number of benzene rings is 1. The number of aromatic nitrogens is 3. The van der Waals surface area contributed by atoms with Crippen LogP contribution in [0, 0.1) is 5.92 Å². The summed E-state index contributed by atoms with van der Waals surface area (Å²) in [7, 11) is 1.68. The Labute approximate surface area is 158 Å². The largest absolute Gasteiger partial charge is 0.381 e. The van der Waals surface area contributed by atoms with Crippen molar-refractivity contribution in [2.45, 2.75) is 51.2 Å². The standard InChI is InChI=1S/C20H26N4O3/c1-3-16(21-19(25)14-10-7-11-15(12-14)27-2)17-20(26)22-18(24-23-17)13-8-5-4-6-9-13/h4-6,8-9,14-16H,3,7,10-12H2,1-2H3,(H,21,25)(H,22,24,26). The molecule has 0 aliphatic heterocycles. The van der Waals surface area contributed by atoms with Gasteiger partial charge >= 0.3 is 0 Å². The molecule has 0 radical (unpaired) electrons. The summed E-state index contributed by atoms with van der Waals surface area (Å²) in [5, 5.41) is 11.2. The molecule has 0 saturated heterocycles. The summed E-state index contributed by atoms with van der Waals surface area (Å²) in [4.78, 5) is 28.0. The third-order valence-corrected chi connectivity index (χ3v) is 5.15. The highest BCUT2D eigenvalue weighted by atomic mass is 16.5. The molecule has 3 rings (SSSR count). The number of carbonyl (C=O) groups is 1. The minimum Gasteiger partial charge on any atom is -0.381 e. The third-order valence-electron chi connectivity index (χ3n) is 5.15. The highest BCUT2D eigenvalue weighted by Crippen LogP contribution is 2.27. The van der Waals surface area contributed by atoms with E-state index in [1.807, 2.05) is 37.3 Å². The van der Waals surface area contributed by atoms with Gasteiger partial charge in [-0.05, 0) is 25.7 Å². The van der Waals surface area contributed by atoms with Crippen LogP contribution >= 0.6 is 0 Å². The number of hydrogen-bond acceptors (Lipinski definition) is 5. The Hall–Kier alpha value is -2.54. The molecule has 1 amide bonds. The van der Waals surface area contributed by atoms with Gasteiger partial charge in [0.1, 0.15) is 0 Å². The molecule has 2 aromatic rings. The van der Waals surface area contributed by atoms with Gasteiger partial charge in [0.15, 0.2) is 11.5 Å². The zero-order chi connectivity index (χ0) is 19.2. The van der Waals surface area contributed by atoms with Gasteiger partial charge in [-0.3, -0.25) is 9.59 Å². The Bertz CT molecular complexity index is 821. The van der Waals surface area contributed by atoms with Gasteiger partial charge in [0.2, 0.25) is 5.91 Å². The first-order valence-electron chi connectivity index (χ1n) is 9.47. The Morgan fingerprint density at radius 3 is 2.74 bits per heavy atom. The Balaban J connectivity index is 1.73. The normalized spacial score (nSPS) is 20.8. The van der Waals surface area contributed by atoms with Crippen molar-refractivity contribution in [2.75, 3.05) is 7.11 Å². The molecule has 144 valence electrons. The Kier molecular flexibility index (Phi) is 6.34. The lowest BCUT2D eigenvalue weighted by Crippen LogP contribution is -2.39. The smallest absolute Gasteiger partial charge is 0.275 e. The Morgan fingerprint density at radius 1 is 1.30 bits per heavy atom. The number of hydrogen-bond donors (Lipinski definition) is 2. The second-order valence-corrected chi connectivity index (χ2v) is 6.94. The van der Waals surface area contributed by atoms with E-state index in [-0.39, 0.29) is 29.2 Å². The van der Waals surface area contributed by atoms with Crippen molar-refractivity contribution in [1.29, 1.82) is 0 Å². The summed E-state index contributed by atoms with van der Waals surface area (Å²) in [6, 6.07) is 8.89. The molecule has 2 N–H and O–H groups in total. The highest BCUT2D eigenvalue weighted by molar-refractivity contribution is 5.79. The lowest BCUT2D eigenvalue weighted by molar-refractivity contribution is -0.128. The molecule has 1 fully saturated rings. The number of aromatic amines is 1. The van der Waals surface area contributed by atoms with E-state index in [2.05, 4.69) is 20.5 Å². The van der Waals surface area contributed by atoms with Gasteiger partial charge in [-0.25, -0.2) is 0 Å². The first-order valence-corrected chi connectivity index (χ1v) is 9.47. The summed E-state index contributed by atoms with van der Waals surface area (Å²) in [6.07, 6.45) is 4.21. The monoisotopic (exact) mass is 370 g/mol. The molecule has 7 heteroatoms. The number of rotatable bonds is 6. The fourth-order valence-corrected chi connectivity index (χ4v) is 3.55. The maximum Gasteiger partial charge on any atom is 0.275 e. The van der Waals surface area contributed by atoms with Gasteiger partial charge in [0.25, 0.3) is 5.56 Å². The fraction of sp³-hybridized carbons (Fsp3) is 0.500. The van der Waals surface area contributed by atoms with Crippen LogP contribution in [0.5, 0.6) is 0 Å². The molecule has 27 heavy (non-hydrogen) atoms. The SMILES string of the molecule is CCC(NC(=O)C1CCCC(OC)C1)c1nnc(-c2ccccc2)[nH]c1=O. The van der Waals surface area contributed by atoms with E-state index in [1.165, 1.54) is 0 Å². The van der Waals surface area contributed by atoms with Gasteiger partial charge in [0, 0.05) is 18.6 Å². The van der Waals surface area contributed by atoms with Crippen molar-refractivity contribution in [1.82, 2.24) is 20.5 Å². The fourth-order valence-electron chi connectivity index (χ4n) is 3.55. The quantitative estimate of drug-likeness (QED) is 0.815. The van der Waals surface area contributed by atoms with E-state index in [4.69, 9.17) is 4.74 Å². The van der Waals surface area contributed by atoms with Crippen LogP contribution in [0.4, 0.5) is 0 Å². The van der Waals surface area contributed by atoms with Gasteiger partial charge in [-0.2, -0.15) is 0 Å². The predicted molar refractivity (Wildman–Crippen MR) is 102 cm³/mol. The molecule has 1 aromatic carbocycles. The van der Waals surface area contributed by atoms with Crippen LogP contribution in [0.3, 0.4) is 0 Å². The number of ether oxygens (including phenoxy) is 1. The minimum atomic E-state index is -0.457. The molecule has 1 aromatic heterocycles. The van der Waals surface area contributed by atoms with Crippen LogP contribution in [0.15, 0.2) is 35.1 Å².